The van der Waals surface area contributed by atoms with E-state index in [0.29, 0.717) is 16.9 Å². The lowest BCUT2D eigenvalue weighted by Gasteiger charge is -2.01. The minimum atomic E-state index is 0.580. The van der Waals surface area contributed by atoms with Crippen LogP contribution < -0.4 is 4.57 Å². The van der Waals surface area contributed by atoms with Crippen LogP contribution in [0.4, 0.5) is 0 Å². The molecule has 28 heavy (non-hydrogen) atoms. The van der Waals surface area contributed by atoms with Crippen LogP contribution in [0.3, 0.4) is 0 Å². The van der Waals surface area contributed by atoms with Gasteiger partial charge in [0.1, 0.15) is 6.54 Å². The second-order valence-electron chi connectivity index (χ2n) is 7.49. The van der Waals surface area contributed by atoms with E-state index in [1.807, 2.05) is 29.1 Å². The summed E-state index contributed by atoms with van der Waals surface area (Å²) in [6, 6.07) is 12.3. The van der Waals surface area contributed by atoms with E-state index in [9.17, 15) is 0 Å². The Kier molecular flexibility index (Phi) is 8.17. The van der Waals surface area contributed by atoms with Gasteiger partial charge in [0.25, 0.3) is 10.3 Å². The molecule has 0 aliphatic heterocycles. The maximum absolute atomic E-state index is 6.48. The zero-order valence-electron chi connectivity index (χ0n) is 16.7. The lowest BCUT2D eigenvalue weighted by molar-refractivity contribution is -0.686. The van der Waals surface area contributed by atoms with Gasteiger partial charge in [0.2, 0.25) is 6.33 Å². The van der Waals surface area contributed by atoms with Gasteiger partial charge in [0.15, 0.2) is 0 Å². The fourth-order valence-electron chi connectivity index (χ4n) is 3.56. The van der Waals surface area contributed by atoms with Crippen molar-refractivity contribution in [2.45, 2.75) is 71.4 Å². The first-order valence-electron chi connectivity index (χ1n) is 10.5. The summed E-state index contributed by atoms with van der Waals surface area (Å²) in [5, 5.41) is 2.34. The molecule has 2 aromatic heterocycles. The van der Waals surface area contributed by atoms with Crippen molar-refractivity contribution in [1.29, 1.82) is 0 Å². The predicted molar refractivity (Wildman–Crippen MR) is 118 cm³/mol. The fraction of sp³-hybridized carbons (Fsp3) is 0.478. The number of aromatic nitrogens is 3. The average Bonchev–Trinajstić information content (AvgIpc) is 2.98. The monoisotopic (exact) mass is 418 g/mol. The van der Waals surface area contributed by atoms with E-state index >= 15 is 0 Å². The van der Waals surface area contributed by atoms with E-state index in [-0.39, 0.29) is 0 Å². The van der Waals surface area contributed by atoms with Gasteiger partial charge in [-0.15, -0.1) is 0 Å². The molecule has 0 saturated heterocycles. The largest absolute Gasteiger partial charge is 0.255 e. The number of hydrogen-bond donors (Lipinski definition) is 0. The topological polar surface area (TPSA) is 21.7 Å². The van der Waals surface area contributed by atoms with Gasteiger partial charge in [-0.2, -0.15) is 0 Å². The maximum Gasteiger partial charge on any atom is 0.255 e. The third kappa shape index (κ3) is 5.71. The molecule has 0 saturated carbocycles. The second-order valence-corrected chi connectivity index (χ2v) is 8.20. The number of rotatable bonds is 11. The van der Waals surface area contributed by atoms with Gasteiger partial charge >= 0.3 is 0 Å². The Labute approximate surface area is 178 Å². The quantitative estimate of drug-likeness (QED) is 0.247. The number of benzene rings is 1. The number of nitrogens with zero attached hydrogens (tertiary/aromatic N) is 3. The lowest BCUT2D eigenvalue weighted by Crippen LogP contribution is -2.33. The van der Waals surface area contributed by atoms with Crippen molar-refractivity contribution < 1.29 is 4.57 Å². The molecule has 0 unspecified atom stereocenters. The van der Waals surface area contributed by atoms with Crippen molar-refractivity contribution in [3.8, 4) is 0 Å². The zero-order valence-corrected chi connectivity index (χ0v) is 18.2. The highest BCUT2D eigenvalue weighted by Gasteiger charge is 2.20. The SMILES string of the molecule is CCCCCCCCCCn1c[n+](Cc2ccc3ccccc3n2)c(Cl)c1Cl. The van der Waals surface area contributed by atoms with Crippen LogP contribution >= 0.6 is 23.2 Å². The Balaban J connectivity index is 1.53. The number of hydrogen-bond acceptors (Lipinski definition) is 1. The highest BCUT2D eigenvalue weighted by Crippen LogP contribution is 2.20. The Morgan fingerprint density at radius 1 is 0.893 bits per heavy atom. The summed E-state index contributed by atoms with van der Waals surface area (Å²) < 4.78 is 4.04. The van der Waals surface area contributed by atoms with Crippen molar-refractivity contribution in [3.05, 3.63) is 58.7 Å². The van der Waals surface area contributed by atoms with Crippen LogP contribution in [-0.4, -0.2) is 9.55 Å². The molecule has 3 aromatic rings. The summed E-state index contributed by atoms with van der Waals surface area (Å²) in [6.07, 6.45) is 12.4. The molecule has 0 atom stereocenters. The Morgan fingerprint density at radius 3 is 2.39 bits per heavy atom. The highest BCUT2D eigenvalue weighted by atomic mass is 35.5. The summed E-state index contributed by atoms with van der Waals surface area (Å²) in [7, 11) is 0. The molecule has 150 valence electrons. The number of imidazole rings is 1. The summed E-state index contributed by atoms with van der Waals surface area (Å²) in [4.78, 5) is 4.74. The highest BCUT2D eigenvalue weighted by molar-refractivity contribution is 6.39. The van der Waals surface area contributed by atoms with Gasteiger partial charge in [-0.05, 0) is 48.2 Å². The molecular formula is C23H30Cl2N3+. The van der Waals surface area contributed by atoms with Gasteiger partial charge in [-0.1, -0.05) is 69.7 Å². The average molecular weight is 419 g/mol. The van der Waals surface area contributed by atoms with Crippen LogP contribution in [0.2, 0.25) is 10.3 Å². The number of halogens is 2. The molecule has 0 amide bonds. The summed E-state index contributed by atoms with van der Waals surface area (Å²) >= 11 is 12.9. The minimum Gasteiger partial charge on any atom is -0.249 e. The minimum absolute atomic E-state index is 0.580. The molecule has 0 spiro atoms. The normalized spacial score (nSPS) is 11.4. The van der Waals surface area contributed by atoms with Crippen molar-refractivity contribution in [2.24, 2.45) is 0 Å². The van der Waals surface area contributed by atoms with E-state index < -0.39 is 0 Å². The third-order valence-corrected chi connectivity index (χ3v) is 6.08. The Hall–Kier alpha value is -1.58. The molecule has 5 heteroatoms. The molecule has 0 fully saturated rings. The first kappa shape index (κ1) is 21.1. The van der Waals surface area contributed by atoms with Crippen LogP contribution in [0.1, 0.15) is 64.0 Å². The number of unbranched alkanes of at least 4 members (excludes halogenated alkanes) is 7. The summed E-state index contributed by atoms with van der Waals surface area (Å²) in [6.45, 7) is 3.79. The summed E-state index contributed by atoms with van der Waals surface area (Å²) in [5.74, 6) is 0. The number of fused-ring (bicyclic) bond motifs is 1. The van der Waals surface area contributed by atoms with E-state index in [1.165, 1.54) is 44.9 Å². The second kappa shape index (κ2) is 10.8. The number of pyridine rings is 1. The Bertz CT molecular complexity index is 889. The van der Waals surface area contributed by atoms with Crippen molar-refractivity contribution in [2.75, 3.05) is 0 Å². The molecule has 0 aliphatic rings. The lowest BCUT2D eigenvalue weighted by atomic mass is 10.1. The van der Waals surface area contributed by atoms with Crippen LogP contribution in [-0.2, 0) is 13.1 Å². The standard InChI is InChI=1S/C23H30Cl2N3/c1-2-3-4-5-6-7-8-11-16-27-18-28(23(25)22(27)24)17-20-15-14-19-12-9-10-13-21(19)26-20/h9-10,12-15,18H,2-8,11,16-17H2,1H3/q+1. The van der Waals surface area contributed by atoms with Crippen LogP contribution in [0.15, 0.2) is 42.7 Å². The first-order valence-corrected chi connectivity index (χ1v) is 11.2. The maximum atomic E-state index is 6.48. The molecule has 0 radical (unpaired) electrons. The molecule has 3 rings (SSSR count). The van der Waals surface area contributed by atoms with Crippen molar-refractivity contribution in [3.63, 3.8) is 0 Å². The van der Waals surface area contributed by atoms with Gasteiger partial charge in [-0.3, -0.25) is 0 Å². The number of para-hydroxylation sites is 1. The van der Waals surface area contributed by atoms with E-state index in [2.05, 4.69) is 29.7 Å². The molecule has 0 bridgehead atoms. The zero-order chi connectivity index (χ0) is 19.8. The Morgan fingerprint density at radius 2 is 1.61 bits per heavy atom. The van der Waals surface area contributed by atoms with Crippen LogP contribution in [0.25, 0.3) is 10.9 Å². The molecular weight excluding hydrogens is 389 g/mol. The smallest absolute Gasteiger partial charge is 0.249 e. The predicted octanol–water partition coefficient (Wildman–Crippen LogP) is 6.82. The van der Waals surface area contributed by atoms with Gasteiger partial charge < -0.3 is 0 Å². The third-order valence-electron chi connectivity index (χ3n) is 5.19. The van der Waals surface area contributed by atoms with Crippen molar-refractivity contribution >= 4 is 34.1 Å². The first-order chi connectivity index (χ1) is 13.7. The summed E-state index contributed by atoms with van der Waals surface area (Å²) in [5.41, 5.74) is 1.98. The van der Waals surface area contributed by atoms with Gasteiger partial charge in [-0.25, -0.2) is 14.1 Å². The van der Waals surface area contributed by atoms with E-state index in [4.69, 9.17) is 28.2 Å². The molecule has 1 aromatic carbocycles. The fourth-order valence-corrected chi connectivity index (χ4v) is 4.01. The van der Waals surface area contributed by atoms with Crippen LogP contribution in [0.5, 0.6) is 0 Å². The molecule has 3 nitrogen and oxygen atoms in total. The molecule has 0 N–H and O–H groups in total. The van der Waals surface area contributed by atoms with Crippen molar-refractivity contribution in [1.82, 2.24) is 9.55 Å². The molecule has 0 aliphatic carbocycles. The van der Waals surface area contributed by atoms with E-state index in [0.717, 1.165) is 29.6 Å². The molecule has 2 heterocycles. The van der Waals surface area contributed by atoms with Gasteiger partial charge in [0, 0.05) is 5.39 Å². The van der Waals surface area contributed by atoms with Gasteiger partial charge in [0.05, 0.1) is 17.8 Å². The van der Waals surface area contributed by atoms with Crippen LogP contribution in [0, 0.1) is 0 Å². The van der Waals surface area contributed by atoms with E-state index in [1.54, 1.807) is 0 Å². The number of aryl methyl sites for hydroxylation is 1.